The lowest BCUT2D eigenvalue weighted by Crippen LogP contribution is -2.35. The number of hydrogen-bond donors (Lipinski definition) is 1. The van der Waals surface area contributed by atoms with Crippen molar-refractivity contribution in [1.82, 2.24) is 4.31 Å². The first-order valence-corrected chi connectivity index (χ1v) is 8.35. The van der Waals surface area contributed by atoms with Gasteiger partial charge in [0, 0.05) is 31.6 Å². The first-order valence-electron chi connectivity index (χ1n) is 6.03. The Balaban J connectivity index is 2.19. The second-order valence-corrected chi connectivity index (χ2v) is 7.23. The molecule has 106 valence electrons. The second kappa shape index (κ2) is 6.15. The Morgan fingerprint density at radius 1 is 1.53 bits per heavy atom. The summed E-state index contributed by atoms with van der Waals surface area (Å²) < 4.78 is 31.6. The van der Waals surface area contributed by atoms with E-state index in [0.29, 0.717) is 29.5 Å². The molecule has 2 N–H and O–H groups in total. The van der Waals surface area contributed by atoms with Gasteiger partial charge in [-0.05, 0) is 23.4 Å². The highest BCUT2D eigenvalue weighted by molar-refractivity contribution is 7.89. The molecule has 19 heavy (non-hydrogen) atoms. The molecule has 0 radical (unpaired) electrons. The number of hydrogen-bond acceptors (Lipinski definition) is 5. The van der Waals surface area contributed by atoms with Crippen LogP contribution in [0.15, 0.2) is 28.0 Å². The minimum absolute atomic E-state index is 0.255. The molecule has 0 aliphatic carbocycles. The van der Waals surface area contributed by atoms with Crippen molar-refractivity contribution < 1.29 is 13.2 Å². The molecule has 0 atom stereocenters. The van der Waals surface area contributed by atoms with Crippen molar-refractivity contribution >= 4 is 21.4 Å². The predicted molar refractivity (Wildman–Crippen MR) is 75.5 cm³/mol. The van der Waals surface area contributed by atoms with Crippen molar-refractivity contribution in [2.75, 3.05) is 26.8 Å². The normalized spacial score (nSPS) is 17.5. The summed E-state index contributed by atoms with van der Waals surface area (Å²) in [7, 11) is -1.78. The van der Waals surface area contributed by atoms with Crippen molar-refractivity contribution in [3.05, 3.63) is 28.0 Å². The van der Waals surface area contributed by atoms with Gasteiger partial charge in [-0.25, -0.2) is 8.42 Å². The first-order chi connectivity index (χ1) is 9.09. The summed E-state index contributed by atoms with van der Waals surface area (Å²) in [4.78, 5) is 1.07. The lowest BCUT2D eigenvalue weighted by molar-refractivity contribution is 0.219. The average molecular weight is 302 g/mol. The van der Waals surface area contributed by atoms with Gasteiger partial charge in [-0.1, -0.05) is 6.08 Å². The number of thiophene rings is 1. The Labute approximate surface area is 117 Å². The molecule has 1 aromatic rings. The van der Waals surface area contributed by atoms with Crippen LogP contribution in [0.1, 0.15) is 11.3 Å². The lowest BCUT2D eigenvalue weighted by Gasteiger charge is -2.25. The zero-order chi connectivity index (χ0) is 13.9. The minimum atomic E-state index is -3.42. The zero-order valence-corrected chi connectivity index (χ0v) is 12.5. The highest BCUT2D eigenvalue weighted by Gasteiger charge is 2.28. The van der Waals surface area contributed by atoms with Crippen LogP contribution in [-0.2, 0) is 21.3 Å². The standard InChI is InChI=1S/C12H18N2O3S2/c1-17-9-10-2-5-14(6-3-10)19(15,16)12-4-7-18-11(12)8-13/h2,4,7H,3,5-6,8-9,13H2,1H3. The molecular formula is C12H18N2O3S2. The molecule has 2 heterocycles. The van der Waals surface area contributed by atoms with Gasteiger partial charge in [0.05, 0.1) is 11.5 Å². The van der Waals surface area contributed by atoms with Gasteiger partial charge in [0.2, 0.25) is 10.0 Å². The Bertz CT molecular complexity index is 563. The van der Waals surface area contributed by atoms with Crippen molar-refractivity contribution in [3.63, 3.8) is 0 Å². The van der Waals surface area contributed by atoms with E-state index in [9.17, 15) is 8.42 Å². The Morgan fingerprint density at radius 3 is 2.89 bits per heavy atom. The molecule has 0 fully saturated rings. The maximum absolute atomic E-state index is 12.5. The van der Waals surface area contributed by atoms with Crippen molar-refractivity contribution in [1.29, 1.82) is 0 Å². The average Bonchev–Trinajstić information content (AvgIpc) is 2.89. The SMILES string of the molecule is COCC1=CCN(S(=O)(=O)c2ccsc2CN)CC1. The largest absolute Gasteiger partial charge is 0.380 e. The van der Waals surface area contributed by atoms with Crippen molar-refractivity contribution in [2.45, 2.75) is 17.9 Å². The fraction of sp³-hybridized carbons (Fsp3) is 0.500. The molecule has 0 aromatic carbocycles. The lowest BCUT2D eigenvalue weighted by atomic mass is 10.1. The van der Waals surface area contributed by atoms with Gasteiger partial charge in [-0.2, -0.15) is 4.31 Å². The van der Waals surface area contributed by atoms with Gasteiger partial charge in [0.15, 0.2) is 0 Å². The summed E-state index contributed by atoms with van der Waals surface area (Å²) in [5.74, 6) is 0. The number of sulfonamides is 1. The van der Waals surface area contributed by atoms with Gasteiger partial charge >= 0.3 is 0 Å². The molecule has 5 nitrogen and oxygen atoms in total. The Morgan fingerprint density at radius 2 is 2.32 bits per heavy atom. The van der Waals surface area contributed by atoms with E-state index in [1.807, 2.05) is 6.08 Å². The van der Waals surface area contributed by atoms with Gasteiger partial charge in [0.1, 0.15) is 0 Å². The minimum Gasteiger partial charge on any atom is -0.380 e. The fourth-order valence-electron chi connectivity index (χ4n) is 2.07. The quantitative estimate of drug-likeness (QED) is 0.829. The van der Waals surface area contributed by atoms with E-state index < -0.39 is 10.0 Å². The highest BCUT2D eigenvalue weighted by Crippen LogP contribution is 2.26. The molecule has 0 amide bonds. The highest BCUT2D eigenvalue weighted by atomic mass is 32.2. The number of methoxy groups -OCH3 is 1. The summed E-state index contributed by atoms with van der Waals surface area (Å²) in [5, 5.41) is 1.77. The van der Waals surface area contributed by atoms with Crippen LogP contribution >= 0.6 is 11.3 Å². The molecule has 0 bridgehead atoms. The summed E-state index contributed by atoms with van der Waals surface area (Å²) in [6, 6.07) is 1.64. The molecule has 7 heteroatoms. The number of ether oxygens (including phenoxy) is 1. The molecule has 2 rings (SSSR count). The molecule has 0 unspecified atom stereocenters. The Hall–Kier alpha value is -0.730. The fourth-order valence-corrected chi connectivity index (χ4v) is 4.76. The number of rotatable bonds is 5. The summed E-state index contributed by atoms with van der Waals surface area (Å²) in [5.41, 5.74) is 6.73. The maximum atomic E-state index is 12.5. The summed E-state index contributed by atoms with van der Waals surface area (Å²) in [6.07, 6.45) is 2.65. The number of nitrogens with zero attached hydrogens (tertiary/aromatic N) is 1. The maximum Gasteiger partial charge on any atom is 0.244 e. The first kappa shape index (κ1) is 14.7. The third-order valence-corrected chi connectivity index (χ3v) is 6.13. The molecule has 0 saturated carbocycles. The van der Waals surface area contributed by atoms with Crippen LogP contribution in [0.5, 0.6) is 0 Å². The third-order valence-electron chi connectivity index (χ3n) is 3.10. The number of nitrogens with two attached hydrogens (primary N) is 1. The van der Waals surface area contributed by atoms with Gasteiger partial charge in [-0.15, -0.1) is 11.3 Å². The summed E-state index contributed by atoms with van der Waals surface area (Å²) in [6.45, 7) is 1.73. The van der Waals surface area contributed by atoms with Gasteiger partial charge in [0.25, 0.3) is 0 Å². The summed E-state index contributed by atoms with van der Waals surface area (Å²) >= 11 is 1.38. The van der Waals surface area contributed by atoms with E-state index in [1.54, 1.807) is 18.6 Å². The van der Waals surface area contributed by atoms with Crippen LogP contribution in [0.3, 0.4) is 0 Å². The second-order valence-electron chi connectivity index (χ2n) is 4.32. The molecule has 0 saturated heterocycles. The van der Waals surface area contributed by atoms with E-state index in [0.717, 1.165) is 12.0 Å². The van der Waals surface area contributed by atoms with Crippen LogP contribution in [0.4, 0.5) is 0 Å². The molecule has 1 aliphatic rings. The van der Waals surface area contributed by atoms with Crippen LogP contribution in [0.2, 0.25) is 0 Å². The third kappa shape index (κ3) is 3.06. The van der Waals surface area contributed by atoms with Crippen LogP contribution < -0.4 is 5.73 Å². The van der Waals surface area contributed by atoms with E-state index in [-0.39, 0.29) is 6.54 Å². The molecule has 1 aromatic heterocycles. The van der Waals surface area contributed by atoms with Crippen LogP contribution in [0, 0.1) is 0 Å². The van der Waals surface area contributed by atoms with Crippen LogP contribution in [0.25, 0.3) is 0 Å². The Kier molecular flexibility index (Phi) is 4.75. The van der Waals surface area contributed by atoms with E-state index in [1.165, 1.54) is 15.6 Å². The van der Waals surface area contributed by atoms with E-state index >= 15 is 0 Å². The monoisotopic (exact) mass is 302 g/mol. The molecule has 0 spiro atoms. The van der Waals surface area contributed by atoms with Gasteiger partial charge in [-0.3, -0.25) is 0 Å². The predicted octanol–water partition coefficient (Wildman–Crippen LogP) is 1.17. The van der Waals surface area contributed by atoms with Crippen molar-refractivity contribution in [3.8, 4) is 0 Å². The molecule has 1 aliphatic heterocycles. The van der Waals surface area contributed by atoms with Crippen molar-refractivity contribution in [2.24, 2.45) is 5.73 Å². The van der Waals surface area contributed by atoms with Gasteiger partial charge < -0.3 is 10.5 Å². The topological polar surface area (TPSA) is 72.6 Å². The smallest absolute Gasteiger partial charge is 0.244 e. The van der Waals surface area contributed by atoms with Crippen LogP contribution in [-0.4, -0.2) is 39.5 Å². The molecular weight excluding hydrogens is 284 g/mol. The zero-order valence-electron chi connectivity index (χ0n) is 10.8. The van der Waals surface area contributed by atoms with E-state index in [2.05, 4.69) is 0 Å². The van der Waals surface area contributed by atoms with E-state index in [4.69, 9.17) is 10.5 Å².